The van der Waals surface area contributed by atoms with Gasteiger partial charge < -0.3 is 19.6 Å². The summed E-state index contributed by atoms with van der Waals surface area (Å²) in [6, 6.07) is 7.23. The Kier molecular flexibility index (Phi) is 6.21. The first-order valence-corrected chi connectivity index (χ1v) is 6.90. The molecule has 0 saturated carbocycles. The minimum Gasteiger partial charge on any atom is -0.497 e. The van der Waals surface area contributed by atoms with Crippen LogP contribution in [0.5, 0.6) is 5.75 Å². The largest absolute Gasteiger partial charge is 0.497 e. The topological polar surface area (TPSA) is 64.6 Å². The highest BCUT2D eigenvalue weighted by atomic mass is 16.6. The summed E-state index contributed by atoms with van der Waals surface area (Å²) in [5, 5.41) is 2.73. The van der Waals surface area contributed by atoms with Crippen LogP contribution in [0.2, 0.25) is 0 Å². The molecule has 0 fully saturated rings. The molecule has 0 heterocycles. The first kappa shape index (κ1) is 17.0. The van der Waals surface area contributed by atoms with Gasteiger partial charge in [-0.25, -0.2) is 4.79 Å². The van der Waals surface area contributed by atoms with Gasteiger partial charge in [0, 0.05) is 12.5 Å². The molecule has 1 N–H and O–H groups in total. The van der Waals surface area contributed by atoms with Crippen LogP contribution >= 0.6 is 0 Å². The van der Waals surface area contributed by atoms with E-state index in [0.717, 1.165) is 17.6 Å². The van der Waals surface area contributed by atoms with Crippen molar-refractivity contribution in [1.82, 2.24) is 5.32 Å². The third-order valence-electron chi connectivity index (χ3n) is 2.74. The molecule has 0 aliphatic heterocycles. The van der Waals surface area contributed by atoms with Gasteiger partial charge in [-0.05, 0) is 44.9 Å². The molecule has 0 aliphatic carbocycles. The fourth-order valence-electron chi connectivity index (χ4n) is 1.83. The minimum absolute atomic E-state index is 0.241. The highest BCUT2D eigenvalue weighted by Crippen LogP contribution is 2.14. The van der Waals surface area contributed by atoms with Crippen LogP contribution in [-0.2, 0) is 16.0 Å². The van der Waals surface area contributed by atoms with Gasteiger partial charge in [-0.15, -0.1) is 0 Å². The van der Waals surface area contributed by atoms with Crippen molar-refractivity contribution in [2.45, 2.75) is 45.3 Å². The van der Waals surface area contributed by atoms with E-state index in [4.69, 9.17) is 9.47 Å². The van der Waals surface area contributed by atoms with Crippen LogP contribution < -0.4 is 10.1 Å². The molecule has 5 heteroatoms. The van der Waals surface area contributed by atoms with Crippen LogP contribution in [0.4, 0.5) is 4.79 Å². The first-order valence-electron chi connectivity index (χ1n) is 6.90. The summed E-state index contributed by atoms with van der Waals surface area (Å²) >= 11 is 0. The van der Waals surface area contributed by atoms with Gasteiger partial charge in [-0.2, -0.15) is 0 Å². The predicted octanol–water partition coefficient (Wildman–Crippen LogP) is 2.72. The van der Waals surface area contributed by atoms with Crippen molar-refractivity contribution in [3.05, 3.63) is 29.8 Å². The maximum atomic E-state index is 11.8. The summed E-state index contributed by atoms with van der Waals surface area (Å²) in [5.74, 6) is 0.769. The van der Waals surface area contributed by atoms with Crippen molar-refractivity contribution >= 4 is 12.4 Å². The molecule has 1 atom stereocenters. The maximum Gasteiger partial charge on any atom is 0.407 e. The summed E-state index contributed by atoms with van der Waals surface area (Å²) in [6.45, 7) is 5.39. The number of alkyl carbamates (subject to hydrolysis) is 1. The van der Waals surface area contributed by atoms with Crippen molar-refractivity contribution in [3.63, 3.8) is 0 Å². The second-order valence-electron chi connectivity index (χ2n) is 5.80. The van der Waals surface area contributed by atoms with E-state index >= 15 is 0 Å². The molecule has 1 aromatic carbocycles. The van der Waals surface area contributed by atoms with Gasteiger partial charge in [0.05, 0.1) is 7.11 Å². The molecular formula is C16H23NO4. The predicted molar refractivity (Wildman–Crippen MR) is 80.5 cm³/mol. The van der Waals surface area contributed by atoms with Crippen LogP contribution in [0.3, 0.4) is 0 Å². The Bertz CT molecular complexity index is 462. The molecule has 21 heavy (non-hydrogen) atoms. The van der Waals surface area contributed by atoms with E-state index in [2.05, 4.69) is 5.32 Å². The van der Waals surface area contributed by atoms with Crippen molar-refractivity contribution in [2.75, 3.05) is 7.11 Å². The summed E-state index contributed by atoms with van der Waals surface area (Å²) in [5.41, 5.74) is 0.453. The van der Waals surface area contributed by atoms with E-state index in [1.54, 1.807) is 27.9 Å². The molecule has 1 amide bonds. The highest BCUT2D eigenvalue weighted by Gasteiger charge is 2.19. The Balaban J connectivity index is 2.63. The number of benzene rings is 1. The van der Waals surface area contributed by atoms with Crippen molar-refractivity contribution < 1.29 is 19.1 Å². The standard InChI is InChI=1S/C16H23NO4/c1-16(2,3)21-15(19)17-13(9-10-18)11-12-5-7-14(20-4)8-6-12/h5-8,10,13H,9,11H2,1-4H3,(H,17,19). The van der Waals surface area contributed by atoms with Crippen molar-refractivity contribution in [2.24, 2.45) is 0 Å². The molecule has 0 aromatic heterocycles. The van der Waals surface area contributed by atoms with E-state index in [-0.39, 0.29) is 12.5 Å². The smallest absolute Gasteiger partial charge is 0.407 e. The Morgan fingerprint density at radius 3 is 2.38 bits per heavy atom. The number of rotatable bonds is 6. The number of carbonyl (C=O) groups excluding carboxylic acids is 2. The van der Waals surface area contributed by atoms with Gasteiger partial charge in [0.1, 0.15) is 17.6 Å². The Morgan fingerprint density at radius 2 is 1.90 bits per heavy atom. The number of nitrogens with one attached hydrogen (secondary N) is 1. The molecule has 0 radical (unpaired) electrons. The summed E-state index contributed by atoms with van der Waals surface area (Å²) in [4.78, 5) is 22.5. The minimum atomic E-state index is -0.560. The van der Waals surface area contributed by atoms with E-state index in [9.17, 15) is 9.59 Å². The molecule has 116 valence electrons. The van der Waals surface area contributed by atoms with E-state index < -0.39 is 11.7 Å². The Morgan fingerprint density at radius 1 is 1.29 bits per heavy atom. The summed E-state index contributed by atoms with van der Waals surface area (Å²) < 4.78 is 10.3. The van der Waals surface area contributed by atoms with Gasteiger partial charge in [0.2, 0.25) is 0 Å². The van der Waals surface area contributed by atoms with E-state index in [1.165, 1.54) is 0 Å². The normalized spacial score (nSPS) is 12.4. The van der Waals surface area contributed by atoms with Crippen LogP contribution in [0.25, 0.3) is 0 Å². The molecule has 0 saturated heterocycles. The fraction of sp³-hybridized carbons (Fsp3) is 0.500. The molecule has 1 rings (SSSR count). The number of amides is 1. The fourth-order valence-corrected chi connectivity index (χ4v) is 1.83. The van der Waals surface area contributed by atoms with Crippen LogP contribution in [0.1, 0.15) is 32.8 Å². The molecule has 0 bridgehead atoms. The van der Waals surface area contributed by atoms with Gasteiger partial charge in [0.15, 0.2) is 0 Å². The monoisotopic (exact) mass is 293 g/mol. The van der Waals surface area contributed by atoms with Gasteiger partial charge in [-0.1, -0.05) is 12.1 Å². The maximum absolute atomic E-state index is 11.8. The zero-order valence-corrected chi connectivity index (χ0v) is 13.0. The molecular weight excluding hydrogens is 270 g/mol. The average molecular weight is 293 g/mol. The summed E-state index contributed by atoms with van der Waals surface area (Å²) in [6.07, 6.45) is 1.08. The molecule has 1 unspecified atom stereocenters. The van der Waals surface area contributed by atoms with Gasteiger partial charge >= 0.3 is 6.09 Å². The molecule has 1 aromatic rings. The van der Waals surface area contributed by atoms with Gasteiger partial charge in [-0.3, -0.25) is 0 Å². The average Bonchev–Trinajstić information content (AvgIpc) is 2.37. The van der Waals surface area contributed by atoms with Crippen LogP contribution in [-0.4, -0.2) is 31.1 Å². The number of aldehydes is 1. The Hall–Kier alpha value is -2.04. The molecule has 5 nitrogen and oxygen atoms in total. The lowest BCUT2D eigenvalue weighted by Gasteiger charge is -2.23. The second-order valence-corrected chi connectivity index (χ2v) is 5.80. The number of carbonyl (C=O) groups is 2. The zero-order valence-electron chi connectivity index (χ0n) is 13.0. The van der Waals surface area contributed by atoms with Crippen molar-refractivity contribution in [3.8, 4) is 5.75 Å². The summed E-state index contributed by atoms with van der Waals surface area (Å²) in [7, 11) is 1.61. The lowest BCUT2D eigenvalue weighted by molar-refractivity contribution is -0.108. The third kappa shape index (κ3) is 6.79. The number of hydrogen-bond acceptors (Lipinski definition) is 4. The number of hydrogen-bond donors (Lipinski definition) is 1. The quantitative estimate of drug-likeness (QED) is 0.819. The van der Waals surface area contributed by atoms with E-state index in [0.29, 0.717) is 6.42 Å². The third-order valence-corrected chi connectivity index (χ3v) is 2.74. The first-order chi connectivity index (χ1) is 9.84. The lowest BCUT2D eigenvalue weighted by Crippen LogP contribution is -2.40. The zero-order chi connectivity index (χ0) is 15.9. The second kappa shape index (κ2) is 7.67. The molecule has 0 spiro atoms. The molecule has 0 aliphatic rings. The SMILES string of the molecule is COc1ccc(CC(CC=O)NC(=O)OC(C)(C)C)cc1. The van der Waals surface area contributed by atoms with Crippen molar-refractivity contribution in [1.29, 1.82) is 0 Å². The van der Waals surface area contributed by atoms with Crippen LogP contribution in [0.15, 0.2) is 24.3 Å². The van der Waals surface area contributed by atoms with Crippen LogP contribution in [0, 0.1) is 0 Å². The highest BCUT2D eigenvalue weighted by molar-refractivity contribution is 5.68. The Labute approximate surface area is 125 Å². The van der Waals surface area contributed by atoms with E-state index in [1.807, 2.05) is 24.3 Å². The van der Waals surface area contributed by atoms with Gasteiger partial charge in [0.25, 0.3) is 0 Å². The number of methoxy groups -OCH3 is 1. The number of ether oxygens (including phenoxy) is 2. The lowest BCUT2D eigenvalue weighted by atomic mass is 10.0.